The number of nitrogens with zero attached hydrogens (tertiary/aromatic N) is 1. The van der Waals surface area contributed by atoms with Crippen molar-refractivity contribution in [1.29, 1.82) is 0 Å². The average Bonchev–Trinajstić information content (AvgIpc) is 2.57. The van der Waals surface area contributed by atoms with Gasteiger partial charge in [0.1, 0.15) is 0 Å². The Morgan fingerprint density at radius 2 is 1.91 bits per heavy atom. The Balaban J connectivity index is 2.42. The predicted octanol–water partition coefficient (Wildman–Crippen LogP) is 2.69. The highest BCUT2D eigenvalue weighted by Gasteiger charge is 2.31. The molecule has 0 spiro atoms. The van der Waals surface area contributed by atoms with Crippen LogP contribution >= 0.6 is 0 Å². The predicted molar refractivity (Wildman–Crippen MR) is 96.9 cm³/mol. The number of nitrogens with one attached hydrogen (secondary N) is 2. The van der Waals surface area contributed by atoms with Crippen LogP contribution in [0.5, 0.6) is 0 Å². The van der Waals surface area contributed by atoms with E-state index in [1.54, 1.807) is 7.11 Å². The van der Waals surface area contributed by atoms with E-state index in [9.17, 15) is 5.11 Å². The minimum absolute atomic E-state index is 0.216. The van der Waals surface area contributed by atoms with Crippen molar-refractivity contribution in [1.82, 2.24) is 10.6 Å². The van der Waals surface area contributed by atoms with Crippen LogP contribution in [0.25, 0.3) is 0 Å². The van der Waals surface area contributed by atoms with E-state index in [0.717, 1.165) is 51.5 Å². The van der Waals surface area contributed by atoms with Crippen LogP contribution in [0.1, 0.15) is 64.7 Å². The molecule has 0 atom stereocenters. The maximum absolute atomic E-state index is 9.41. The van der Waals surface area contributed by atoms with Gasteiger partial charge in [-0.3, -0.25) is 4.99 Å². The van der Waals surface area contributed by atoms with Crippen molar-refractivity contribution in [2.75, 3.05) is 40.0 Å². The van der Waals surface area contributed by atoms with Crippen LogP contribution in [0.15, 0.2) is 4.99 Å². The zero-order valence-corrected chi connectivity index (χ0v) is 15.2. The van der Waals surface area contributed by atoms with E-state index < -0.39 is 0 Å². The Morgan fingerprint density at radius 1 is 1.13 bits per heavy atom. The van der Waals surface area contributed by atoms with Crippen LogP contribution in [0.3, 0.4) is 0 Å². The number of ether oxygens (including phenoxy) is 1. The van der Waals surface area contributed by atoms with Gasteiger partial charge in [0, 0.05) is 40.0 Å². The van der Waals surface area contributed by atoms with Crippen LogP contribution in [0.2, 0.25) is 0 Å². The fraction of sp³-hybridized carbons (Fsp3) is 0.944. The Kier molecular flexibility index (Phi) is 11.1. The molecule has 0 saturated heterocycles. The third-order valence-electron chi connectivity index (χ3n) is 4.79. The summed E-state index contributed by atoms with van der Waals surface area (Å²) in [6.45, 7) is 5.87. The molecule has 23 heavy (non-hydrogen) atoms. The van der Waals surface area contributed by atoms with Crippen LogP contribution < -0.4 is 10.6 Å². The second-order valence-electron chi connectivity index (χ2n) is 6.71. The maximum atomic E-state index is 9.41. The van der Waals surface area contributed by atoms with Crippen molar-refractivity contribution >= 4 is 5.96 Å². The Hall–Kier alpha value is -0.810. The van der Waals surface area contributed by atoms with Crippen LogP contribution in [0.4, 0.5) is 0 Å². The van der Waals surface area contributed by atoms with Gasteiger partial charge in [0.05, 0.1) is 0 Å². The molecule has 1 aliphatic rings. The summed E-state index contributed by atoms with van der Waals surface area (Å²) < 4.78 is 5.07. The lowest BCUT2D eigenvalue weighted by Gasteiger charge is -2.35. The number of unbranched alkanes of at least 4 members (excludes halogenated alkanes) is 2. The van der Waals surface area contributed by atoms with Crippen molar-refractivity contribution in [2.45, 2.75) is 64.7 Å². The minimum atomic E-state index is 0.216. The SMILES string of the molecule is CCNC(=NCC1(CCO)CCCCC1)NCCCCCOC. The molecule has 1 aliphatic carbocycles. The molecule has 3 N–H and O–H groups in total. The standard InChI is InChI=1S/C18H37N3O2/c1-3-19-17(20-13-8-5-9-15-23-2)21-16-18(12-14-22)10-6-4-7-11-18/h22H,3-16H2,1-2H3,(H2,19,20,21). The van der Waals surface area contributed by atoms with E-state index in [1.807, 2.05) is 0 Å². The molecule has 0 radical (unpaired) electrons. The molecule has 136 valence electrons. The Labute approximate surface area is 142 Å². The van der Waals surface area contributed by atoms with Gasteiger partial charge in [-0.05, 0) is 50.9 Å². The largest absolute Gasteiger partial charge is 0.396 e. The lowest BCUT2D eigenvalue weighted by Crippen LogP contribution is -2.39. The fourth-order valence-corrected chi connectivity index (χ4v) is 3.37. The van der Waals surface area contributed by atoms with Gasteiger partial charge in [-0.2, -0.15) is 0 Å². The van der Waals surface area contributed by atoms with E-state index in [4.69, 9.17) is 9.73 Å². The zero-order chi connectivity index (χ0) is 16.8. The molecule has 0 aliphatic heterocycles. The first-order valence-corrected chi connectivity index (χ1v) is 9.38. The molecular weight excluding hydrogens is 290 g/mol. The summed E-state index contributed by atoms with van der Waals surface area (Å²) in [5.74, 6) is 0.919. The number of hydrogen-bond donors (Lipinski definition) is 3. The van der Waals surface area contributed by atoms with E-state index in [-0.39, 0.29) is 12.0 Å². The second kappa shape index (κ2) is 12.6. The summed E-state index contributed by atoms with van der Waals surface area (Å²) in [7, 11) is 1.75. The number of aliphatic hydroxyl groups is 1. The number of hydrogen-bond acceptors (Lipinski definition) is 3. The normalized spacial score (nSPS) is 18.0. The second-order valence-corrected chi connectivity index (χ2v) is 6.71. The molecule has 0 aromatic rings. The van der Waals surface area contributed by atoms with Crippen LogP contribution in [0, 0.1) is 5.41 Å². The Bertz CT molecular complexity index is 310. The smallest absolute Gasteiger partial charge is 0.191 e. The molecule has 0 aromatic carbocycles. The van der Waals surface area contributed by atoms with E-state index in [0.29, 0.717) is 0 Å². The first-order valence-electron chi connectivity index (χ1n) is 9.38. The maximum Gasteiger partial charge on any atom is 0.191 e. The summed E-state index contributed by atoms with van der Waals surface area (Å²) in [6.07, 6.45) is 10.6. The van der Waals surface area contributed by atoms with E-state index >= 15 is 0 Å². The molecule has 1 rings (SSSR count). The summed E-state index contributed by atoms with van der Waals surface area (Å²) in [5, 5.41) is 16.2. The highest BCUT2D eigenvalue weighted by Crippen LogP contribution is 2.39. The number of aliphatic hydroxyl groups excluding tert-OH is 1. The van der Waals surface area contributed by atoms with E-state index in [1.165, 1.54) is 38.5 Å². The van der Waals surface area contributed by atoms with Crippen molar-refractivity contribution in [3.05, 3.63) is 0 Å². The van der Waals surface area contributed by atoms with Crippen molar-refractivity contribution in [3.63, 3.8) is 0 Å². The lowest BCUT2D eigenvalue weighted by molar-refractivity contribution is 0.137. The van der Waals surface area contributed by atoms with E-state index in [2.05, 4.69) is 17.6 Å². The van der Waals surface area contributed by atoms with Gasteiger partial charge in [-0.1, -0.05) is 19.3 Å². The van der Waals surface area contributed by atoms with Gasteiger partial charge in [0.15, 0.2) is 5.96 Å². The van der Waals surface area contributed by atoms with Crippen LogP contribution in [-0.2, 0) is 4.74 Å². The highest BCUT2D eigenvalue weighted by atomic mass is 16.5. The number of rotatable bonds is 11. The molecule has 0 unspecified atom stereocenters. The first kappa shape index (κ1) is 20.2. The Morgan fingerprint density at radius 3 is 2.57 bits per heavy atom. The lowest BCUT2D eigenvalue weighted by atomic mass is 9.72. The molecule has 0 amide bonds. The quantitative estimate of drug-likeness (QED) is 0.310. The van der Waals surface area contributed by atoms with Gasteiger partial charge < -0.3 is 20.5 Å². The van der Waals surface area contributed by atoms with Gasteiger partial charge in [0.25, 0.3) is 0 Å². The molecule has 1 saturated carbocycles. The number of guanidine groups is 1. The zero-order valence-electron chi connectivity index (χ0n) is 15.2. The fourth-order valence-electron chi connectivity index (χ4n) is 3.37. The van der Waals surface area contributed by atoms with Crippen LogP contribution in [-0.4, -0.2) is 51.0 Å². The minimum Gasteiger partial charge on any atom is -0.396 e. The summed E-state index contributed by atoms with van der Waals surface area (Å²) in [4.78, 5) is 4.82. The van der Waals surface area contributed by atoms with Gasteiger partial charge in [0.2, 0.25) is 0 Å². The molecule has 5 heteroatoms. The van der Waals surface area contributed by atoms with Gasteiger partial charge in [-0.15, -0.1) is 0 Å². The third kappa shape index (κ3) is 8.56. The summed E-state index contributed by atoms with van der Waals surface area (Å²) in [6, 6.07) is 0. The summed E-state index contributed by atoms with van der Waals surface area (Å²) >= 11 is 0. The highest BCUT2D eigenvalue weighted by molar-refractivity contribution is 5.79. The van der Waals surface area contributed by atoms with Gasteiger partial charge in [-0.25, -0.2) is 0 Å². The molecule has 5 nitrogen and oxygen atoms in total. The first-order chi connectivity index (χ1) is 11.3. The molecule has 0 heterocycles. The monoisotopic (exact) mass is 327 g/mol. The van der Waals surface area contributed by atoms with Crippen molar-refractivity contribution < 1.29 is 9.84 Å². The average molecular weight is 328 g/mol. The van der Waals surface area contributed by atoms with Gasteiger partial charge >= 0.3 is 0 Å². The molecule has 0 bridgehead atoms. The molecule has 0 aromatic heterocycles. The third-order valence-corrected chi connectivity index (χ3v) is 4.79. The number of methoxy groups -OCH3 is 1. The van der Waals surface area contributed by atoms with Crippen molar-refractivity contribution in [2.24, 2.45) is 10.4 Å². The topological polar surface area (TPSA) is 65.9 Å². The number of aliphatic imine (C=N–C) groups is 1. The summed E-state index contributed by atoms with van der Waals surface area (Å²) in [5.41, 5.74) is 0.216. The molecular formula is C18H37N3O2. The molecule has 1 fully saturated rings. The van der Waals surface area contributed by atoms with Crippen molar-refractivity contribution in [3.8, 4) is 0 Å².